The Labute approximate surface area is 93.9 Å². The van der Waals surface area contributed by atoms with Crippen molar-refractivity contribution in [2.24, 2.45) is 10.3 Å². The van der Waals surface area contributed by atoms with Crippen molar-refractivity contribution in [3.05, 3.63) is 29.8 Å². The summed E-state index contributed by atoms with van der Waals surface area (Å²) in [6.45, 7) is 2.43. The van der Waals surface area contributed by atoms with E-state index in [0.29, 0.717) is 12.1 Å². The van der Waals surface area contributed by atoms with E-state index in [0.717, 1.165) is 5.69 Å². The maximum Gasteiger partial charge on any atom is 0.181 e. The lowest BCUT2D eigenvalue weighted by atomic mass is 10.2. The van der Waals surface area contributed by atoms with E-state index in [2.05, 4.69) is 16.4 Å². The Morgan fingerprint density at radius 2 is 2.12 bits per heavy atom. The molecule has 82 valence electrons. The van der Waals surface area contributed by atoms with Gasteiger partial charge in [-0.2, -0.15) is 10.4 Å². The quantitative estimate of drug-likeness (QED) is 0.760. The molecule has 0 spiro atoms. The molecule has 1 unspecified atom stereocenters. The number of rotatable bonds is 2. The largest absolute Gasteiger partial charge is 0.355 e. The molecule has 0 aromatic heterocycles. The molecule has 0 amide bonds. The molecule has 0 fully saturated rings. The van der Waals surface area contributed by atoms with Gasteiger partial charge in [-0.25, -0.2) is 5.01 Å². The highest BCUT2D eigenvalue weighted by molar-refractivity contribution is 5.50. The second kappa shape index (κ2) is 3.91. The number of benzene rings is 1. The molecule has 0 aliphatic carbocycles. The van der Waals surface area contributed by atoms with Gasteiger partial charge in [0.05, 0.1) is 17.3 Å². The fraction of sp³-hybridized carbons (Fsp3) is 0.364. The Bertz CT molecular complexity index is 448. The lowest BCUT2D eigenvalue weighted by Gasteiger charge is -2.30. The number of hydrogen-bond donors (Lipinski definition) is 0. The van der Waals surface area contributed by atoms with Gasteiger partial charge < -0.3 is 4.74 Å². The van der Waals surface area contributed by atoms with Crippen molar-refractivity contribution in [2.75, 3.05) is 18.7 Å². The van der Waals surface area contributed by atoms with Gasteiger partial charge in [0.2, 0.25) is 0 Å². The van der Waals surface area contributed by atoms with Gasteiger partial charge >= 0.3 is 0 Å². The van der Waals surface area contributed by atoms with Crippen LogP contribution in [0.4, 0.5) is 5.69 Å². The Hall–Kier alpha value is -1.93. The predicted octanol–water partition coefficient (Wildman–Crippen LogP) is 2.11. The Balaban J connectivity index is 2.30. The van der Waals surface area contributed by atoms with Crippen LogP contribution < -0.4 is 5.01 Å². The zero-order valence-corrected chi connectivity index (χ0v) is 9.21. The molecule has 0 saturated heterocycles. The third-order valence-electron chi connectivity index (χ3n) is 2.65. The molecule has 5 nitrogen and oxygen atoms in total. The molecular formula is C11H12N4O. The molecule has 0 saturated carbocycles. The highest BCUT2D eigenvalue weighted by atomic mass is 16.5. The molecular weight excluding hydrogens is 204 g/mol. The van der Waals surface area contributed by atoms with Gasteiger partial charge in [-0.3, -0.25) is 0 Å². The summed E-state index contributed by atoms with van der Waals surface area (Å²) in [5.41, 5.74) is 0.956. The van der Waals surface area contributed by atoms with Crippen molar-refractivity contribution < 1.29 is 4.74 Å². The number of ether oxygens (including phenoxy) is 1. The highest BCUT2D eigenvalue weighted by Crippen LogP contribution is 2.30. The maximum absolute atomic E-state index is 8.71. The number of nitrogens with zero attached hydrogens (tertiary/aromatic N) is 4. The van der Waals surface area contributed by atoms with Gasteiger partial charge in [-0.15, -0.1) is 0 Å². The minimum Gasteiger partial charge on any atom is -0.355 e. The van der Waals surface area contributed by atoms with Crippen LogP contribution in [-0.4, -0.2) is 19.4 Å². The first-order valence-electron chi connectivity index (χ1n) is 4.92. The summed E-state index contributed by atoms with van der Waals surface area (Å²) in [4.78, 5) is 0. The number of methoxy groups -OCH3 is 1. The van der Waals surface area contributed by atoms with E-state index in [1.165, 1.54) is 0 Å². The van der Waals surface area contributed by atoms with E-state index < -0.39 is 5.72 Å². The molecule has 2 rings (SSSR count). The van der Waals surface area contributed by atoms with Crippen molar-refractivity contribution in [1.82, 2.24) is 0 Å². The summed E-state index contributed by atoms with van der Waals surface area (Å²) < 4.78 is 5.40. The van der Waals surface area contributed by atoms with Crippen LogP contribution in [0, 0.1) is 11.3 Å². The van der Waals surface area contributed by atoms with E-state index in [9.17, 15) is 0 Å². The van der Waals surface area contributed by atoms with Crippen LogP contribution in [0.2, 0.25) is 0 Å². The third kappa shape index (κ3) is 1.64. The SMILES string of the molecule is COC1(C)CN=NN1c1ccc(C#N)cc1. The number of nitriles is 1. The monoisotopic (exact) mass is 216 g/mol. The topological polar surface area (TPSA) is 61.0 Å². The van der Waals surface area contributed by atoms with Gasteiger partial charge in [0.25, 0.3) is 0 Å². The molecule has 1 atom stereocenters. The van der Waals surface area contributed by atoms with Crippen LogP contribution in [0.25, 0.3) is 0 Å². The second-order valence-electron chi connectivity index (χ2n) is 3.74. The van der Waals surface area contributed by atoms with Gasteiger partial charge in [0.15, 0.2) is 5.72 Å². The summed E-state index contributed by atoms with van der Waals surface area (Å²) in [5, 5.41) is 18.4. The molecule has 1 aromatic carbocycles. The van der Waals surface area contributed by atoms with Crippen LogP contribution in [0.3, 0.4) is 0 Å². The highest BCUT2D eigenvalue weighted by Gasteiger charge is 2.36. The zero-order valence-electron chi connectivity index (χ0n) is 9.21. The number of hydrogen-bond acceptors (Lipinski definition) is 5. The van der Waals surface area contributed by atoms with E-state index >= 15 is 0 Å². The molecule has 0 radical (unpaired) electrons. The van der Waals surface area contributed by atoms with Crippen LogP contribution in [0.5, 0.6) is 0 Å². The van der Waals surface area contributed by atoms with Crippen LogP contribution in [-0.2, 0) is 4.74 Å². The lowest BCUT2D eigenvalue weighted by molar-refractivity contribution is 0.0233. The van der Waals surface area contributed by atoms with E-state index in [1.54, 1.807) is 24.3 Å². The first kappa shape index (κ1) is 10.6. The average Bonchev–Trinajstić information content (AvgIpc) is 2.72. The minimum absolute atomic E-state index is 0.503. The minimum atomic E-state index is -0.534. The lowest BCUT2D eigenvalue weighted by Crippen LogP contribution is -2.44. The van der Waals surface area contributed by atoms with Crippen molar-refractivity contribution in [3.63, 3.8) is 0 Å². The van der Waals surface area contributed by atoms with Gasteiger partial charge in [-0.1, -0.05) is 5.22 Å². The van der Waals surface area contributed by atoms with E-state index in [1.807, 2.05) is 19.1 Å². The zero-order chi connectivity index (χ0) is 11.6. The third-order valence-corrected chi connectivity index (χ3v) is 2.65. The van der Waals surface area contributed by atoms with Crippen LogP contribution in [0.1, 0.15) is 12.5 Å². The van der Waals surface area contributed by atoms with Crippen LogP contribution in [0.15, 0.2) is 34.6 Å². The first-order valence-corrected chi connectivity index (χ1v) is 4.92. The Morgan fingerprint density at radius 3 is 2.69 bits per heavy atom. The van der Waals surface area contributed by atoms with E-state index in [4.69, 9.17) is 10.00 Å². The van der Waals surface area contributed by atoms with Gasteiger partial charge in [0.1, 0.15) is 6.54 Å². The molecule has 1 aliphatic heterocycles. The smallest absolute Gasteiger partial charge is 0.181 e. The van der Waals surface area contributed by atoms with Crippen molar-refractivity contribution in [2.45, 2.75) is 12.6 Å². The summed E-state index contributed by atoms with van der Waals surface area (Å²) in [6.07, 6.45) is 0. The molecule has 5 heteroatoms. The van der Waals surface area contributed by atoms with Crippen molar-refractivity contribution in [1.29, 1.82) is 5.26 Å². The fourth-order valence-corrected chi connectivity index (χ4v) is 1.54. The normalized spacial score (nSPS) is 23.4. The molecule has 1 aromatic rings. The summed E-state index contributed by atoms with van der Waals surface area (Å²) in [5.74, 6) is 0. The summed E-state index contributed by atoms with van der Waals surface area (Å²) >= 11 is 0. The standard InChI is InChI=1S/C11H12N4O/c1-11(16-2)8-13-14-15(11)10-5-3-9(7-12)4-6-10/h3-6H,8H2,1-2H3. The predicted molar refractivity (Wildman–Crippen MR) is 58.8 cm³/mol. The van der Waals surface area contributed by atoms with Gasteiger partial charge in [-0.05, 0) is 31.2 Å². The number of anilines is 1. The Kier molecular flexibility index (Phi) is 2.59. The second-order valence-corrected chi connectivity index (χ2v) is 3.74. The molecule has 1 aliphatic rings. The maximum atomic E-state index is 8.71. The fourth-order valence-electron chi connectivity index (χ4n) is 1.54. The summed E-state index contributed by atoms with van der Waals surface area (Å²) in [6, 6.07) is 9.24. The Morgan fingerprint density at radius 1 is 1.44 bits per heavy atom. The summed E-state index contributed by atoms with van der Waals surface area (Å²) in [7, 11) is 1.63. The van der Waals surface area contributed by atoms with Crippen LogP contribution >= 0.6 is 0 Å². The first-order chi connectivity index (χ1) is 7.69. The molecule has 16 heavy (non-hydrogen) atoms. The van der Waals surface area contributed by atoms with E-state index in [-0.39, 0.29) is 0 Å². The van der Waals surface area contributed by atoms with Crippen molar-refractivity contribution in [3.8, 4) is 6.07 Å². The average molecular weight is 216 g/mol. The molecule has 1 heterocycles. The van der Waals surface area contributed by atoms with Gasteiger partial charge in [0, 0.05) is 7.11 Å². The van der Waals surface area contributed by atoms with Crippen molar-refractivity contribution >= 4 is 5.69 Å². The molecule has 0 N–H and O–H groups in total. The molecule has 0 bridgehead atoms.